The molecule has 2 aromatic carbocycles. The summed E-state index contributed by atoms with van der Waals surface area (Å²) in [6, 6.07) is 13.9. The highest BCUT2D eigenvalue weighted by atomic mass is 32.2. The topological polar surface area (TPSA) is 89.0 Å². The highest BCUT2D eigenvalue weighted by Gasteiger charge is 2.26. The van der Waals surface area contributed by atoms with Crippen LogP contribution in [0.15, 0.2) is 59.5 Å². The van der Waals surface area contributed by atoms with E-state index in [2.05, 4.69) is 15.5 Å². The van der Waals surface area contributed by atoms with Gasteiger partial charge in [0.25, 0.3) is 5.91 Å². The number of halogens is 2. The predicted molar refractivity (Wildman–Crippen MR) is 96.7 cm³/mol. The lowest BCUT2D eigenvalue weighted by Gasteiger charge is -2.05. The molecule has 10 heteroatoms. The van der Waals surface area contributed by atoms with Crippen molar-refractivity contribution in [3.05, 3.63) is 70.7 Å². The lowest BCUT2D eigenvalue weighted by Crippen LogP contribution is -2.14. The van der Waals surface area contributed by atoms with Gasteiger partial charge in [-0.2, -0.15) is 8.78 Å². The van der Waals surface area contributed by atoms with E-state index in [0.29, 0.717) is 6.42 Å². The molecule has 0 atom stereocenters. The highest BCUT2D eigenvalue weighted by Crippen LogP contribution is 2.21. The Kier molecular flexibility index (Phi) is 5.57. The van der Waals surface area contributed by atoms with Gasteiger partial charge in [0.1, 0.15) is 5.01 Å². The summed E-state index contributed by atoms with van der Waals surface area (Å²) in [4.78, 5) is 11.7. The van der Waals surface area contributed by atoms with Gasteiger partial charge in [-0.05, 0) is 29.8 Å². The lowest BCUT2D eigenvalue weighted by molar-refractivity contribution is 0.102. The van der Waals surface area contributed by atoms with Crippen molar-refractivity contribution in [3.63, 3.8) is 0 Å². The van der Waals surface area contributed by atoms with Gasteiger partial charge in [-0.3, -0.25) is 10.1 Å². The molecule has 0 bridgehead atoms. The minimum atomic E-state index is -4.69. The van der Waals surface area contributed by atoms with Crippen LogP contribution in [0.5, 0.6) is 0 Å². The largest absolute Gasteiger partial charge is 0.341 e. The molecule has 1 aromatic heterocycles. The Morgan fingerprint density at radius 3 is 2.33 bits per heavy atom. The van der Waals surface area contributed by atoms with Gasteiger partial charge in [0.2, 0.25) is 15.0 Å². The van der Waals surface area contributed by atoms with E-state index in [-0.39, 0.29) is 10.7 Å². The van der Waals surface area contributed by atoms with Crippen molar-refractivity contribution in [2.75, 3.05) is 5.32 Å². The van der Waals surface area contributed by atoms with Crippen LogP contribution in [0.4, 0.5) is 13.9 Å². The molecule has 6 nitrogen and oxygen atoms in total. The highest BCUT2D eigenvalue weighted by molar-refractivity contribution is 7.91. The van der Waals surface area contributed by atoms with Gasteiger partial charge in [-0.25, -0.2) is 8.42 Å². The molecule has 27 heavy (non-hydrogen) atoms. The molecular weight excluding hydrogens is 396 g/mol. The molecule has 1 amide bonds. The van der Waals surface area contributed by atoms with Crippen molar-refractivity contribution in [1.29, 1.82) is 0 Å². The molecule has 0 aliphatic rings. The fraction of sp³-hybridized carbons (Fsp3) is 0.118. The maximum atomic E-state index is 12.5. The lowest BCUT2D eigenvalue weighted by atomic mass is 10.2. The monoisotopic (exact) mass is 409 g/mol. The number of nitrogens with one attached hydrogen (secondary N) is 1. The summed E-state index contributed by atoms with van der Waals surface area (Å²) in [5.41, 5.74) is 1.17. The molecule has 0 aliphatic heterocycles. The maximum absolute atomic E-state index is 12.5. The van der Waals surface area contributed by atoms with E-state index in [1.807, 2.05) is 30.3 Å². The molecule has 1 heterocycles. The maximum Gasteiger partial charge on any atom is 0.341 e. The first-order valence-electron chi connectivity index (χ1n) is 7.66. The van der Waals surface area contributed by atoms with E-state index in [9.17, 15) is 22.0 Å². The van der Waals surface area contributed by atoms with Crippen molar-refractivity contribution in [2.24, 2.45) is 0 Å². The number of hydrogen-bond acceptors (Lipinski definition) is 6. The van der Waals surface area contributed by atoms with E-state index in [1.165, 1.54) is 11.3 Å². The molecule has 0 fully saturated rings. The van der Waals surface area contributed by atoms with Crippen LogP contribution >= 0.6 is 11.3 Å². The van der Waals surface area contributed by atoms with Crippen LogP contribution in [0.1, 0.15) is 20.9 Å². The first-order valence-corrected chi connectivity index (χ1v) is 10.0. The number of benzene rings is 2. The van der Waals surface area contributed by atoms with E-state index in [1.54, 1.807) is 0 Å². The number of hydrogen-bond donors (Lipinski definition) is 1. The van der Waals surface area contributed by atoms with Gasteiger partial charge >= 0.3 is 5.76 Å². The van der Waals surface area contributed by atoms with Gasteiger partial charge < -0.3 is 0 Å². The smallest absolute Gasteiger partial charge is 0.296 e. The van der Waals surface area contributed by atoms with E-state index in [4.69, 9.17) is 0 Å². The van der Waals surface area contributed by atoms with Crippen LogP contribution in [0.25, 0.3) is 0 Å². The number of alkyl halides is 2. The molecule has 3 aromatic rings. The van der Waals surface area contributed by atoms with Gasteiger partial charge in [-0.15, -0.1) is 10.2 Å². The van der Waals surface area contributed by atoms with Crippen molar-refractivity contribution in [2.45, 2.75) is 17.1 Å². The Morgan fingerprint density at radius 2 is 1.70 bits per heavy atom. The third kappa shape index (κ3) is 4.52. The fourth-order valence-corrected chi connectivity index (χ4v) is 3.70. The van der Waals surface area contributed by atoms with E-state index >= 15 is 0 Å². The average molecular weight is 409 g/mol. The number of aromatic nitrogens is 2. The van der Waals surface area contributed by atoms with Gasteiger partial charge in [0.05, 0.1) is 4.90 Å². The van der Waals surface area contributed by atoms with Crippen LogP contribution < -0.4 is 5.32 Å². The zero-order valence-electron chi connectivity index (χ0n) is 13.7. The predicted octanol–water partition coefficient (Wildman–Crippen LogP) is 3.38. The minimum Gasteiger partial charge on any atom is -0.296 e. The van der Waals surface area contributed by atoms with Crippen molar-refractivity contribution < 1.29 is 22.0 Å². The second-order valence-electron chi connectivity index (χ2n) is 5.45. The summed E-state index contributed by atoms with van der Waals surface area (Å²) in [7, 11) is -4.69. The molecule has 0 radical (unpaired) electrons. The number of carbonyl (C=O) groups excluding carboxylic acids is 1. The molecule has 0 spiro atoms. The number of amides is 1. The Bertz CT molecular complexity index is 1040. The molecule has 1 N–H and O–H groups in total. The Morgan fingerprint density at radius 1 is 1.04 bits per heavy atom. The van der Waals surface area contributed by atoms with Gasteiger partial charge in [0, 0.05) is 12.0 Å². The summed E-state index contributed by atoms with van der Waals surface area (Å²) < 4.78 is 47.8. The molecule has 0 saturated carbocycles. The third-order valence-corrected chi connectivity index (χ3v) is 5.80. The van der Waals surface area contributed by atoms with Crippen LogP contribution in [0.2, 0.25) is 0 Å². The summed E-state index contributed by atoms with van der Waals surface area (Å²) in [5.74, 6) is -4.06. The molecular formula is C17H13F2N3O3S2. The van der Waals surface area contributed by atoms with E-state index < -0.39 is 26.4 Å². The minimum absolute atomic E-state index is 0.114. The van der Waals surface area contributed by atoms with Crippen LogP contribution in [0.3, 0.4) is 0 Å². The number of anilines is 1. The van der Waals surface area contributed by atoms with Crippen LogP contribution in [-0.4, -0.2) is 30.3 Å². The van der Waals surface area contributed by atoms with Crippen LogP contribution in [0, 0.1) is 0 Å². The SMILES string of the molecule is O=C(Nc1nnc(Cc2ccccc2)s1)c1ccc(S(=O)(=O)C(F)F)cc1. The van der Waals surface area contributed by atoms with Crippen molar-refractivity contribution >= 4 is 32.2 Å². The summed E-state index contributed by atoms with van der Waals surface area (Å²) in [6.07, 6.45) is 0.578. The Labute approximate surface area is 157 Å². The quantitative estimate of drug-likeness (QED) is 0.674. The molecule has 0 unspecified atom stereocenters. The summed E-state index contributed by atoms with van der Waals surface area (Å²) in [6.45, 7) is 0. The normalized spacial score (nSPS) is 11.5. The second kappa shape index (κ2) is 7.89. The number of rotatable bonds is 6. The van der Waals surface area contributed by atoms with Crippen molar-refractivity contribution in [3.8, 4) is 0 Å². The summed E-state index contributed by atoms with van der Waals surface area (Å²) >= 11 is 1.21. The molecule has 3 rings (SSSR count). The van der Waals surface area contributed by atoms with Gasteiger partial charge in [-0.1, -0.05) is 41.7 Å². The Balaban J connectivity index is 1.67. The fourth-order valence-electron chi connectivity index (χ4n) is 2.21. The molecule has 0 aliphatic carbocycles. The molecule has 0 saturated heterocycles. The number of carbonyl (C=O) groups is 1. The first kappa shape index (κ1) is 19.1. The zero-order chi connectivity index (χ0) is 19.4. The standard InChI is InChI=1S/C17H13F2N3O3S2/c18-16(19)27(24,25)13-8-6-12(7-9-13)15(23)20-17-22-21-14(26-17)10-11-4-2-1-3-5-11/h1-9,16H,10H2,(H,20,22,23). The van der Waals surface area contributed by atoms with Crippen molar-refractivity contribution in [1.82, 2.24) is 10.2 Å². The van der Waals surface area contributed by atoms with Gasteiger partial charge in [0.15, 0.2) is 0 Å². The first-order chi connectivity index (χ1) is 12.9. The van der Waals surface area contributed by atoms with Crippen LogP contribution in [-0.2, 0) is 16.3 Å². The Hall–Kier alpha value is -2.72. The zero-order valence-corrected chi connectivity index (χ0v) is 15.3. The summed E-state index contributed by atoms with van der Waals surface area (Å²) in [5, 5.41) is 11.5. The van der Waals surface area contributed by atoms with E-state index in [0.717, 1.165) is 34.8 Å². The number of nitrogens with zero attached hydrogens (tertiary/aromatic N) is 2. The molecule has 140 valence electrons. The average Bonchev–Trinajstić information content (AvgIpc) is 3.09. The second-order valence-corrected chi connectivity index (χ2v) is 8.43. The third-order valence-electron chi connectivity index (χ3n) is 3.57. The number of sulfone groups is 1.